The first-order valence-electron chi connectivity index (χ1n) is 17.6. The number of allylic oxidation sites excluding steroid dienone is 2. The summed E-state index contributed by atoms with van der Waals surface area (Å²) in [7, 11) is -9.69. The Labute approximate surface area is 414 Å². The number of hydrazone groups is 2. The van der Waals surface area contributed by atoms with Crippen LogP contribution in [0, 0.1) is 13.8 Å². The Kier molecular flexibility index (Phi) is 16.6. The van der Waals surface area contributed by atoms with Crippen molar-refractivity contribution in [1.29, 1.82) is 0 Å². The van der Waals surface area contributed by atoms with Gasteiger partial charge in [0.05, 0.1) is 32.6 Å². The molecule has 63 heavy (non-hydrogen) atoms. The van der Waals surface area contributed by atoms with E-state index in [1.807, 2.05) is 12.1 Å². The van der Waals surface area contributed by atoms with Gasteiger partial charge < -0.3 is 9.11 Å². The van der Waals surface area contributed by atoms with E-state index in [1.165, 1.54) is 33.6 Å². The minimum atomic E-state index is -4.85. The molecule has 2 aliphatic carbocycles. The van der Waals surface area contributed by atoms with Crippen LogP contribution in [0.1, 0.15) is 33.6 Å². The van der Waals surface area contributed by atoms with Gasteiger partial charge >= 0.3 is 59.1 Å². The molecular weight excluding hydrogens is 915 g/mol. The van der Waals surface area contributed by atoms with Gasteiger partial charge in [-0.2, -0.15) is 10.2 Å². The molecule has 0 amide bonds. The zero-order valence-corrected chi connectivity index (χ0v) is 40.6. The summed E-state index contributed by atoms with van der Waals surface area (Å²) in [6.45, 7) is 3.34. The van der Waals surface area contributed by atoms with Crippen molar-refractivity contribution < 1.29 is 112 Å². The number of fused-ring (bicyclic) bond motifs is 2. The Balaban J connectivity index is 0.000000264. The van der Waals surface area contributed by atoms with Crippen LogP contribution in [0.4, 0.5) is 11.4 Å². The van der Waals surface area contributed by atoms with E-state index in [0.717, 1.165) is 12.2 Å². The number of benzene rings is 4. The van der Waals surface area contributed by atoms with Crippen LogP contribution < -0.4 is 81.1 Å². The number of rotatable bonds is 8. The van der Waals surface area contributed by atoms with E-state index in [9.17, 15) is 45.1 Å². The minimum absolute atomic E-state index is 0. The normalized spacial score (nSPS) is 14.3. The van der Waals surface area contributed by atoms with E-state index in [-0.39, 0.29) is 122 Å². The third kappa shape index (κ3) is 10.7. The number of para-hydroxylation sites is 2. The topological polar surface area (TPSA) is 273 Å². The average Bonchev–Trinajstić information content (AvgIpc) is 3.68. The molecule has 2 aliphatic rings. The van der Waals surface area contributed by atoms with Crippen molar-refractivity contribution in [2.75, 3.05) is 10.9 Å². The molecule has 4 N–H and O–H groups in total. The van der Waals surface area contributed by atoms with E-state index in [1.54, 1.807) is 86.6 Å². The third-order valence-electron chi connectivity index (χ3n) is 9.16. The maximum Gasteiger partial charge on any atom is 1.00 e. The number of aryl methyl sites for hydroxylation is 2. The van der Waals surface area contributed by atoms with Gasteiger partial charge in [-0.05, 0) is 38.1 Å². The molecule has 0 bridgehead atoms. The molecule has 0 fully saturated rings. The van der Waals surface area contributed by atoms with Crippen molar-refractivity contribution in [2.24, 2.45) is 10.2 Å². The monoisotopic (exact) mass is 944 g/mol. The largest absolute Gasteiger partial charge is 1.00 e. The number of nitrogens with zero attached hydrogens (tertiary/aromatic N) is 4. The third-order valence-corrected chi connectivity index (χ3v) is 10.9. The van der Waals surface area contributed by atoms with Crippen LogP contribution in [0.2, 0.25) is 0 Å². The van der Waals surface area contributed by atoms with Crippen molar-refractivity contribution in [3.05, 3.63) is 176 Å². The number of aromatic nitrogens is 4. The van der Waals surface area contributed by atoms with Gasteiger partial charge in [0.2, 0.25) is 11.6 Å². The first-order chi connectivity index (χ1) is 28.5. The number of carbonyl (C=O) groups is 2. The van der Waals surface area contributed by atoms with Crippen LogP contribution in [-0.2, 0) is 47.2 Å². The van der Waals surface area contributed by atoms with E-state index < -0.39 is 52.7 Å². The van der Waals surface area contributed by atoms with Crippen LogP contribution in [0.5, 0.6) is 0 Å². The number of carbonyl (C=O) groups excluding carboxylic acids is 2. The predicted molar refractivity (Wildman–Crippen MR) is 221 cm³/mol. The minimum Gasteiger partial charge on any atom is -0.744 e. The van der Waals surface area contributed by atoms with E-state index in [0.29, 0.717) is 22.8 Å². The Morgan fingerprint density at radius 3 is 1.13 bits per heavy atom. The van der Waals surface area contributed by atoms with Crippen molar-refractivity contribution in [1.82, 2.24) is 19.6 Å². The van der Waals surface area contributed by atoms with Gasteiger partial charge in [0, 0.05) is 51.8 Å². The van der Waals surface area contributed by atoms with Crippen LogP contribution in [-0.4, -0.2) is 68.5 Å². The SMILES string of the molecule is Cc1[nH]n(-c2ccccc2)c(=O)c1N/N=C1/C(=O)C=C(S(=O)(=O)[O-])c2ccccc21.Cc1[nH]n(-c2ccccc2)c(=O)c1N/N=C1\C(=O)C=C(S(=O)(=O)[O-])c2ccccc21.[Cr].[Na+].[Na+]. The molecule has 6 aromatic rings. The maximum atomic E-state index is 12.8. The first kappa shape index (κ1) is 50.7. The summed E-state index contributed by atoms with van der Waals surface area (Å²) in [6, 6.07) is 29.9. The fourth-order valence-electron chi connectivity index (χ4n) is 6.35. The summed E-state index contributed by atoms with van der Waals surface area (Å²) in [5, 5.41) is 14.0. The summed E-state index contributed by atoms with van der Waals surface area (Å²) >= 11 is 0. The van der Waals surface area contributed by atoms with Gasteiger partial charge in [-0.15, -0.1) is 0 Å². The Morgan fingerprint density at radius 2 is 0.810 bits per heavy atom. The number of hydrogen-bond acceptors (Lipinski definition) is 14. The van der Waals surface area contributed by atoms with E-state index in [4.69, 9.17) is 0 Å². The molecule has 310 valence electrons. The Hall–Kier alpha value is -4.99. The van der Waals surface area contributed by atoms with Crippen molar-refractivity contribution in [3.63, 3.8) is 0 Å². The van der Waals surface area contributed by atoms with Gasteiger partial charge in [-0.25, -0.2) is 26.2 Å². The molecule has 23 heteroatoms. The van der Waals surface area contributed by atoms with Gasteiger partial charge in [0.15, 0.2) is 0 Å². The molecule has 2 heterocycles. The number of nitrogens with one attached hydrogen (secondary N) is 4. The summed E-state index contributed by atoms with van der Waals surface area (Å²) in [4.78, 5) is 49.3. The summed E-state index contributed by atoms with van der Waals surface area (Å²) in [6.07, 6.45) is 1.49. The van der Waals surface area contributed by atoms with Gasteiger partial charge in [0.25, 0.3) is 11.1 Å². The maximum absolute atomic E-state index is 12.8. The molecule has 0 saturated carbocycles. The van der Waals surface area contributed by atoms with E-state index in [2.05, 4.69) is 31.3 Å². The molecule has 0 aliphatic heterocycles. The van der Waals surface area contributed by atoms with Crippen molar-refractivity contribution in [3.8, 4) is 11.4 Å². The van der Waals surface area contributed by atoms with E-state index >= 15 is 0 Å². The molecule has 2 aromatic heterocycles. The molecule has 0 unspecified atom stereocenters. The molecule has 0 atom stereocenters. The van der Waals surface area contributed by atoms with Crippen LogP contribution in [0.15, 0.2) is 141 Å². The molecular formula is C40H30CrN8Na2O10S2. The standard InChI is InChI=1S/2C20H16N4O5S.Cr.2Na/c2*1-12-18(20(26)24(23-12)13-7-3-2-4-8-13)21-22-19-15-10-6-5-9-14(15)17(11-16(19)25)30(27,28)29;;;/h2*2-11,21,23H,1H3,(H,27,28,29);;;/q;;;2*+1/p-2/b22-19+;22-19-;;;. The van der Waals surface area contributed by atoms with Crippen LogP contribution >= 0.6 is 0 Å². The van der Waals surface area contributed by atoms with Gasteiger partial charge in [-0.1, -0.05) is 84.9 Å². The predicted octanol–water partition coefficient (Wildman–Crippen LogP) is -2.48. The summed E-state index contributed by atoms with van der Waals surface area (Å²) in [5.74, 6) is -1.51. The van der Waals surface area contributed by atoms with Gasteiger partial charge in [0.1, 0.15) is 43.0 Å². The molecule has 0 spiro atoms. The quantitative estimate of drug-likeness (QED) is 0.0703. The fraction of sp³-hybridized carbons (Fsp3) is 0.0500. The molecule has 18 nitrogen and oxygen atoms in total. The zero-order chi connectivity index (χ0) is 42.9. The number of aromatic amines is 2. The molecule has 8 rings (SSSR count). The second-order valence-corrected chi connectivity index (χ2v) is 15.8. The molecule has 0 saturated heterocycles. The van der Waals surface area contributed by atoms with Crippen LogP contribution in [0.25, 0.3) is 21.2 Å². The molecule has 0 radical (unpaired) electrons. The van der Waals surface area contributed by atoms with Crippen molar-refractivity contribution in [2.45, 2.75) is 13.8 Å². The van der Waals surface area contributed by atoms with Crippen molar-refractivity contribution >= 4 is 64.4 Å². The first-order valence-corrected chi connectivity index (χ1v) is 20.4. The number of hydrogen-bond donors (Lipinski definition) is 4. The van der Waals surface area contributed by atoms with Crippen LogP contribution in [0.3, 0.4) is 0 Å². The number of ketones is 2. The molecule has 4 aromatic carbocycles. The summed E-state index contributed by atoms with van der Waals surface area (Å²) < 4.78 is 71.8. The second-order valence-electron chi connectivity index (χ2n) is 13.1. The zero-order valence-electron chi connectivity index (χ0n) is 33.6. The second kappa shape index (κ2) is 20.7. The van der Waals surface area contributed by atoms with Gasteiger partial charge in [-0.3, -0.25) is 40.2 Å². The number of H-pyrrole nitrogens is 2. The number of anilines is 2. The Bertz CT molecular complexity index is 3000. The fourth-order valence-corrected chi connectivity index (χ4v) is 7.74. The smallest absolute Gasteiger partial charge is 0.744 e. The summed E-state index contributed by atoms with van der Waals surface area (Å²) in [5.41, 5.74) is 7.21. The average molecular weight is 945 g/mol. The Morgan fingerprint density at radius 1 is 0.508 bits per heavy atom.